The van der Waals surface area contributed by atoms with Crippen LogP contribution < -0.4 is 5.32 Å². The van der Waals surface area contributed by atoms with Gasteiger partial charge in [-0.05, 0) is 42.8 Å². The molecule has 0 saturated heterocycles. The van der Waals surface area contributed by atoms with Gasteiger partial charge in [0.2, 0.25) is 0 Å². The highest BCUT2D eigenvalue weighted by atomic mass is 16.1. The Kier molecular flexibility index (Phi) is 4.33. The van der Waals surface area contributed by atoms with Crippen molar-refractivity contribution < 1.29 is 9.59 Å². The van der Waals surface area contributed by atoms with E-state index in [0.717, 1.165) is 0 Å². The molecule has 0 radical (unpaired) electrons. The number of amides is 1. The molecule has 1 amide bonds. The first-order valence-electron chi connectivity index (χ1n) is 6.18. The molecule has 0 aliphatic carbocycles. The predicted molar refractivity (Wildman–Crippen MR) is 79.6 cm³/mol. The highest BCUT2D eigenvalue weighted by Crippen LogP contribution is 2.20. The van der Waals surface area contributed by atoms with E-state index >= 15 is 0 Å². The van der Waals surface area contributed by atoms with Crippen LogP contribution in [0.25, 0.3) is 10.4 Å². The zero-order valence-electron chi connectivity index (χ0n) is 11.3. The van der Waals surface area contributed by atoms with Crippen molar-refractivity contribution in [1.29, 1.82) is 0 Å². The molecule has 0 fully saturated rings. The molecular weight excluding hydrogens is 268 g/mol. The fourth-order valence-electron chi connectivity index (χ4n) is 1.79. The number of hydrogen-bond donors (Lipinski definition) is 1. The summed E-state index contributed by atoms with van der Waals surface area (Å²) in [7, 11) is 0. The number of Topliss-reactive ketones (excluding diaryl/α,β-unsaturated/α-hetero) is 1. The van der Waals surface area contributed by atoms with Crippen LogP contribution >= 0.6 is 0 Å². The lowest BCUT2D eigenvalue weighted by Gasteiger charge is -2.07. The Morgan fingerprint density at radius 3 is 2.38 bits per heavy atom. The van der Waals surface area contributed by atoms with E-state index in [4.69, 9.17) is 5.53 Å². The van der Waals surface area contributed by atoms with Crippen molar-refractivity contribution in [1.82, 2.24) is 0 Å². The Morgan fingerprint density at radius 2 is 1.76 bits per heavy atom. The summed E-state index contributed by atoms with van der Waals surface area (Å²) < 4.78 is 0. The summed E-state index contributed by atoms with van der Waals surface area (Å²) in [4.78, 5) is 26.0. The van der Waals surface area contributed by atoms with E-state index in [2.05, 4.69) is 15.3 Å². The van der Waals surface area contributed by atoms with Gasteiger partial charge >= 0.3 is 0 Å². The van der Waals surface area contributed by atoms with Gasteiger partial charge in [-0.1, -0.05) is 23.3 Å². The van der Waals surface area contributed by atoms with Crippen LogP contribution in [0.3, 0.4) is 0 Å². The molecule has 0 atom stereocenters. The average Bonchev–Trinajstić information content (AvgIpc) is 2.48. The normalized spacial score (nSPS) is 9.57. The van der Waals surface area contributed by atoms with Gasteiger partial charge in [-0.25, -0.2) is 0 Å². The van der Waals surface area contributed by atoms with Crippen LogP contribution in [0.15, 0.2) is 53.6 Å². The van der Waals surface area contributed by atoms with Gasteiger partial charge < -0.3 is 5.32 Å². The quantitative estimate of drug-likeness (QED) is 0.395. The summed E-state index contributed by atoms with van der Waals surface area (Å²) in [5, 5.41) is 6.17. The third kappa shape index (κ3) is 3.46. The topological polar surface area (TPSA) is 94.9 Å². The van der Waals surface area contributed by atoms with Crippen molar-refractivity contribution in [3.63, 3.8) is 0 Å². The van der Waals surface area contributed by atoms with Crippen molar-refractivity contribution in [2.24, 2.45) is 5.11 Å². The van der Waals surface area contributed by atoms with Crippen LogP contribution in [-0.2, 0) is 0 Å². The molecule has 6 nitrogen and oxygen atoms in total. The van der Waals surface area contributed by atoms with Crippen LogP contribution in [0.5, 0.6) is 0 Å². The van der Waals surface area contributed by atoms with E-state index in [1.807, 2.05) is 0 Å². The molecule has 6 heteroatoms. The second kappa shape index (κ2) is 6.36. The zero-order chi connectivity index (χ0) is 15.2. The van der Waals surface area contributed by atoms with Crippen molar-refractivity contribution in [2.75, 3.05) is 5.32 Å². The molecule has 0 saturated carbocycles. The largest absolute Gasteiger partial charge is 0.322 e. The number of benzene rings is 2. The molecule has 0 heterocycles. The first kappa shape index (κ1) is 14.3. The number of rotatable bonds is 4. The van der Waals surface area contributed by atoms with Crippen LogP contribution in [-0.4, -0.2) is 11.7 Å². The van der Waals surface area contributed by atoms with E-state index in [1.165, 1.54) is 6.92 Å². The Bertz CT molecular complexity index is 732. The second-order valence-corrected chi connectivity index (χ2v) is 4.29. The first-order valence-corrected chi connectivity index (χ1v) is 6.18. The molecule has 0 aromatic heterocycles. The molecule has 2 aromatic carbocycles. The molecule has 2 aromatic rings. The van der Waals surface area contributed by atoms with Crippen molar-refractivity contribution in [3.8, 4) is 0 Å². The van der Waals surface area contributed by atoms with Crippen LogP contribution in [0.4, 0.5) is 11.4 Å². The highest BCUT2D eigenvalue weighted by Gasteiger charge is 2.10. The number of nitrogens with one attached hydrogen (secondary N) is 1. The zero-order valence-corrected chi connectivity index (χ0v) is 11.3. The Balaban J connectivity index is 2.22. The van der Waals surface area contributed by atoms with E-state index < -0.39 is 0 Å². The van der Waals surface area contributed by atoms with Crippen molar-refractivity contribution in [3.05, 3.63) is 70.1 Å². The monoisotopic (exact) mass is 280 g/mol. The molecule has 1 N–H and O–H groups in total. The fourth-order valence-corrected chi connectivity index (χ4v) is 1.79. The number of ketones is 1. The molecule has 0 aliphatic rings. The third-order valence-electron chi connectivity index (χ3n) is 2.85. The first-order chi connectivity index (χ1) is 10.1. The third-order valence-corrected chi connectivity index (χ3v) is 2.85. The summed E-state index contributed by atoms with van der Waals surface area (Å²) in [5.41, 5.74) is 10.2. The van der Waals surface area contributed by atoms with Gasteiger partial charge in [-0.15, -0.1) is 0 Å². The molecule has 104 valence electrons. The maximum Gasteiger partial charge on any atom is 0.256 e. The second-order valence-electron chi connectivity index (χ2n) is 4.29. The van der Waals surface area contributed by atoms with Crippen molar-refractivity contribution in [2.45, 2.75) is 6.92 Å². The smallest absolute Gasteiger partial charge is 0.256 e. The molecule has 21 heavy (non-hydrogen) atoms. The lowest BCUT2D eigenvalue weighted by molar-refractivity contribution is 0.101. The maximum absolute atomic E-state index is 12.2. The molecule has 0 bridgehead atoms. The van der Waals surface area contributed by atoms with Crippen molar-refractivity contribution >= 4 is 23.1 Å². The molecule has 0 aliphatic heterocycles. The number of hydrogen-bond acceptors (Lipinski definition) is 3. The van der Waals surface area contributed by atoms with Gasteiger partial charge in [0.15, 0.2) is 5.78 Å². The minimum atomic E-state index is -0.381. The Hall–Kier alpha value is -3.11. The Labute approximate surface area is 121 Å². The molecular formula is C15H12N4O2. The summed E-state index contributed by atoms with van der Waals surface area (Å²) in [5.74, 6) is -0.421. The number of carbonyl (C=O) groups is 2. The van der Waals surface area contributed by atoms with E-state index in [-0.39, 0.29) is 22.9 Å². The molecule has 0 spiro atoms. The van der Waals surface area contributed by atoms with Crippen LogP contribution in [0.1, 0.15) is 27.6 Å². The summed E-state index contributed by atoms with van der Waals surface area (Å²) >= 11 is 0. The van der Waals surface area contributed by atoms with Crippen LogP contribution in [0.2, 0.25) is 0 Å². The highest BCUT2D eigenvalue weighted by molar-refractivity contribution is 6.07. The lowest BCUT2D eigenvalue weighted by atomic mass is 10.1. The van der Waals surface area contributed by atoms with Gasteiger partial charge in [0, 0.05) is 21.7 Å². The van der Waals surface area contributed by atoms with E-state index in [9.17, 15) is 9.59 Å². The predicted octanol–water partition coefficient (Wildman–Crippen LogP) is 4.08. The average molecular weight is 280 g/mol. The lowest BCUT2D eigenvalue weighted by Crippen LogP contribution is -2.12. The number of azide groups is 1. The number of anilines is 1. The maximum atomic E-state index is 12.2. The summed E-state index contributed by atoms with van der Waals surface area (Å²) in [6.07, 6.45) is 0. The van der Waals surface area contributed by atoms with Gasteiger partial charge in [0.05, 0.1) is 5.69 Å². The van der Waals surface area contributed by atoms with Gasteiger partial charge in [0.25, 0.3) is 5.91 Å². The summed E-state index contributed by atoms with van der Waals surface area (Å²) in [6, 6.07) is 13.1. The standard InChI is InChI=1S/C15H12N4O2/c1-10(20)11-6-8-12(9-7-11)17-15(21)13-4-2-3-5-14(13)18-19-16/h2-9H,1H3,(H,17,21). The van der Waals surface area contributed by atoms with Gasteiger partial charge in [-0.2, -0.15) is 0 Å². The SMILES string of the molecule is CC(=O)c1ccc(NC(=O)c2ccccc2N=[N+]=[N-])cc1. The Morgan fingerprint density at radius 1 is 1.10 bits per heavy atom. The van der Waals surface area contributed by atoms with Gasteiger partial charge in [0.1, 0.15) is 0 Å². The van der Waals surface area contributed by atoms with Crippen LogP contribution in [0, 0.1) is 0 Å². The van der Waals surface area contributed by atoms with E-state index in [0.29, 0.717) is 11.3 Å². The number of carbonyl (C=O) groups excluding carboxylic acids is 2. The fraction of sp³-hybridized carbons (Fsp3) is 0.0667. The minimum Gasteiger partial charge on any atom is -0.322 e. The molecule has 2 rings (SSSR count). The minimum absolute atomic E-state index is 0.0402. The number of nitrogens with zero attached hydrogens (tertiary/aromatic N) is 3. The summed E-state index contributed by atoms with van der Waals surface area (Å²) in [6.45, 7) is 1.48. The van der Waals surface area contributed by atoms with Gasteiger partial charge in [-0.3, -0.25) is 9.59 Å². The van der Waals surface area contributed by atoms with E-state index in [1.54, 1.807) is 48.5 Å². The molecule has 0 unspecified atom stereocenters.